The van der Waals surface area contributed by atoms with Gasteiger partial charge in [-0.2, -0.15) is 13.2 Å². The molecular formula is C20H16F3N3OS. The molecule has 0 spiro atoms. The fourth-order valence-corrected chi connectivity index (χ4v) is 3.46. The standard InChI is InChI=1S/C20H16F3N3OS/c1-13-4-5-15(11-17(13)20(21,22)23)26-18(27)16-3-2-8-25-19(16)28-12-14-6-9-24-10-7-14/h2-11H,12H2,1H3,(H,26,27). The highest BCUT2D eigenvalue weighted by Gasteiger charge is 2.32. The van der Waals surface area contributed by atoms with Gasteiger partial charge in [0, 0.05) is 30.0 Å². The van der Waals surface area contributed by atoms with Gasteiger partial charge in [0.25, 0.3) is 5.91 Å². The molecule has 4 nitrogen and oxygen atoms in total. The highest BCUT2D eigenvalue weighted by Crippen LogP contribution is 2.33. The van der Waals surface area contributed by atoms with E-state index in [-0.39, 0.29) is 11.3 Å². The Morgan fingerprint density at radius 2 is 1.86 bits per heavy atom. The van der Waals surface area contributed by atoms with Crippen LogP contribution in [0.25, 0.3) is 0 Å². The zero-order valence-corrected chi connectivity index (χ0v) is 15.6. The Morgan fingerprint density at radius 3 is 2.57 bits per heavy atom. The van der Waals surface area contributed by atoms with Gasteiger partial charge in [0.1, 0.15) is 5.03 Å². The largest absolute Gasteiger partial charge is 0.416 e. The van der Waals surface area contributed by atoms with Gasteiger partial charge in [0.15, 0.2) is 0 Å². The predicted molar refractivity (Wildman–Crippen MR) is 102 cm³/mol. The number of rotatable bonds is 5. The maximum absolute atomic E-state index is 13.1. The van der Waals surface area contributed by atoms with Crippen molar-refractivity contribution in [3.05, 3.63) is 83.3 Å². The number of pyridine rings is 2. The molecule has 0 bridgehead atoms. The molecule has 0 radical (unpaired) electrons. The van der Waals surface area contributed by atoms with E-state index in [0.29, 0.717) is 16.3 Å². The number of hydrogen-bond acceptors (Lipinski definition) is 4. The summed E-state index contributed by atoms with van der Waals surface area (Å²) in [6.45, 7) is 1.38. The van der Waals surface area contributed by atoms with Crippen molar-refractivity contribution in [2.75, 3.05) is 5.32 Å². The van der Waals surface area contributed by atoms with Gasteiger partial charge in [0.05, 0.1) is 11.1 Å². The summed E-state index contributed by atoms with van der Waals surface area (Å²) in [4.78, 5) is 20.8. The third kappa shape index (κ3) is 4.89. The molecule has 1 N–H and O–H groups in total. The number of benzene rings is 1. The minimum Gasteiger partial charge on any atom is -0.322 e. The smallest absolute Gasteiger partial charge is 0.322 e. The molecule has 2 heterocycles. The van der Waals surface area contributed by atoms with Crippen molar-refractivity contribution >= 4 is 23.4 Å². The Hall–Kier alpha value is -2.87. The van der Waals surface area contributed by atoms with Crippen LogP contribution in [0.15, 0.2) is 66.1 Å². The Balaban J connectivity index is 1.78. The number of alkyl halides is 3. The zero-order chi connectivity index (χ0) is 20.1. The summed E-state index contributed by atoms with van der Waals surface area (Å²) < 4.78 is 39.3. The molecule has 0 aliphatic rings. The highest BCUT2D eigenvalue weighted by atomic mass is 32.2. The normalized spacial score (nSPS) is 11.3. The third-order valence-electron chi connectivity index (χ3n) is 3.94. The number of aromatic nitrogens is 2. The van der Waals surface area contributed by atoms with E-state index < -0.39 is 17.6 Å². The molecule has 3 rings (SSSR count). The Labute approximate surface area is 164 Å². The van der Waals surface area contributed by atoms with E-state index in [9.17, 15) is 18.0 Å². The molecule has 0 fully saturated rings. The van der Waals surface area contributed by atoms with Crippen LogP contribution < -0.4 is 5.32 Å². The lowest BCUT2D eigenvalue weighted by Crippen LogP contribution is -2.15. The molecule has 0 atom stereocenters. The van der Waals surface area contributed by atoms with Crippen molar-refractivity contribution in [2.45, 2.75) is 23.9 Å². The van der Waals surface area contributed by atoms with Crippen LogP contribution in [-0.2, 0) is 11.9 Å². The van der Waals surface area contributed by atoms with Crippen LogP contribution in [0.4, 0.5) is 18.9 Å². The molecule has 0 aliphatic carbocycles. The van der Waals surface area contributed by atoms with Gasteiger partial charge in [0.2, 0.25) is 0 Å². The Bertz CT molecular complexity index is 978. The van der Waals surface area contributed by atoms with Crippen LogP contribution in [0.2, 0.25) is 0 Å². The fraction of sp³-hybridized carbons (Fsp3) is 0.150. The van der Waals surface area contributed by atoms with Gasteiger partial charge in [-0.25, -0.2) is 4.98 Å². The molecule has 0 aliphatic heterocycles. The average Bonchev–Trinajstić information content (AvgIpc) is 2.68. The van der Waals surface area contributed by atoms with Crippen molar-refractivity contribution in [1.82, 2.24) is 9.97 Å². The van der Waals surface area contributed by atoms with Gasteiger partial charge in [-0.1, -0.05) is 6.07 Å². The van der Waals surface area contributed by atoms with Gasteiger partial charge < -0.3 is 5.32 Å². The van der Waals surface area contributed by atoms with Crippen molar-refractivity contribution in [3.8, 4) is 0 Å². The number of carbonyl (C=O) groups is 1. The summed E-state index contributed by atoms with van der Waals surface area (Å²) in [6, 6.07) is 10.6. The van der Waals surface area contributed by atoms with Crippen molar-refractivity contribution < 1.29 is 18.0 Å². The van der Waals surface area contributed by atoms with E-state index in [4.69, 9.17) is 0 Å². The second kappa shape index (κ2) is 8.43. The van der Waals surface area contributed by atoms with E-state index >= 15 is 0 Å². The average molecular weight is 403 g/mol. The number of hydrogen-bond donors (Lipinski definition) is 1. The second-order valence-electron chi connectivity index (χ2n) is 5.98. The number of carbonyl (C=O) groups excluding carboxylic acids is 1. The van der Waals surface area contributed by atoms with Crippen molar-refractivity contribution in [3.63, 3.8) is 0 Å². The first kappa shape index (κ1) is 19.9. The Kier molecular flexibility index (Phi) is 5.99. The summed E-state index contributed by atoms with van der Waals surface area (Å²) in [5, 5.41) is 3.03. The molecule has 144 valence electrons. The summed E-state index contributed by atoms with van der Waals surface area (Å²) in [5.74, 6) is 0.0741. The molecule has 8 heteroatoms. The lowest BCUT2D eigenvalue weighted by Gasteiger charge is -2.13. The third-order valence-corrected chi connectivity index (χ3v) is 5.02. The minimum absolute atomic E-state index is 0.0804. The maximum atomic E-state index is 13.1. The van der Waals surface area contributed by atoms with Gasteiger partial charge in [-0.3, -0.25) is 9.78 Å². The lowest BCUT2D eigenvalue weighted by molar-refractivity contribution is -0.138. The molecule has 0 unspecified atom stereocenters. The summed E-state index contributed by atoms with van der Waals surface area (Å²) >= 11 is 1.37. The number of aryl methyl sites for hydroxylation is 1. The summed E-state index contributed by atoms with van der Waals surface area (Å²) in [5.41, 5.74) is 0.724. The van der Waals surface area contributed by atoms with Crippen LogP contribution >= 0.6 is 11.8 Å². The predicted octanol–water partition coefficient (Wildman–Crippen LogP) is 5.35. The number of thioether (sulfide) groups is 1. The van der Waals surface area contributed by atoms with Gasteiger partial charge in [-0.15, -0.1) is 11.8 Å². The zero-order valence-electron chi connectivity index (χ0n) is 14.8. The number of halogens is 3. The SMILES string of the molecule is Cc1ccc(NC(=O)c2cccnc2SCc2ccncc2)cc1C(F)(F)F. The first-order chi connectivity index (χ1) is 13.3. The number of amides is 1. The van der Waals surface area contributed by atoms with E-state index in [2.05, 4.69) is 15.3 Å². The highest BCUT2D eigenvalue weighted by molar-refractivity contribution is 7.98. The van der Waals surface area contributed by atoms with Gasteiger partial charge >= 0.3 is 6.18 Å². The summed E-state index contributed by atoms with van der Waals surface area (Å²) in [7, 11) is 0. The molecule has 28 heavy (non-hydrogen) atoms. The van der Waals surface area contributed by atoms with Crippen molar-refractivity contribution in [2.24, 2.45) is 0 Å². The molecule has 3 aromatic rings. The first-order valence-electron chi connectivity index (χ1n) is 8.30. The molecule has 0 saturated carbocycles. The number of nitrogens with one attached hydrogen (secondary N) is 1. The lowest BCUT2D eigenvalue weighted by atomic mass is 10.1. The first-order valence-corrected chi connectivity index (χ1v) is 9.29. The quantitative estimate of drug-likeness (QED) is 0.584. The fourth-order valence-electron chi connectivity index (χ4n) is 2.51. The molecule has 1 aromatic carbocycles. The van der Waals surface area contributed by atoms with Crippen molar-refractivity contribution in [1.29, 1.82) is 0 Å². The molecule has 1 amide bonds. The van der Waals surface area contributed by atoms with Crippen LogP contribution in [0, 0.1) is 6.92 Å². The van der Waals surface area contributed by atoms with E-state index in [1.54, 1.807) is 30.7 Å². The second-order valence-corrected chi connectivity index (χ2v) is 6.95. The molecular weight excluding hydrogens is 387 g/mol. The van der Waals surface area contributed by atoms with Gasteiger partial charge in [-0.05, 0) is 54.4 Å². The van der Waals surface area contributed by atoms with Crippen LogP contribution in [0.1, 0.15) is 27.0 Å². The topological polar surface area (TPSA) is 54.9 Å². The van der Waals surface area contributed by atoms with Crippen LogP contribution in [-0.4, -0.2) is 15.9 Å². The number of anilines is 1. The molecule has 0 saturated heterocycles. The van der Waals surface area contributed by atoms with E-state index in [0.717, 1.165) is 11.6 Å². The monoisotopic (exact) mass is 403 g/mol. The van der Waals surface area contributed by atoms with Crippen LogP contribution in [0.3, 0.4) is 0 Å². The Morgan fingerprint density at radius 1 is 1.11 bits per heavy atom. The van der Waals surface area contributed by atoms with Crippen LogP contribution in [0.5, 0.6) is 0 Å². The maximum Gasteiger partial charge on any atom is 0.416 e. The minimum atomic E-state index is -4.48. The number of nitrogens with zero attached hydrogens (tertiary/aromatic N) is 2. The van der Waals surface area contributed by atoms with E-state index in [1.807, 2.05) is 12.1 Å². The molecule has 2 aromatic heterocycles. The van der Waals surface area contributed by atoms with E-state index in [1.165, 1.54) is 30.8 Å². The summed E-state index contributed by atoms with van der Waals surface area (Å²) in [6.07, 6.45) is 0.444.